The standard InChI is InChI=1S/C19H31Cl2N5O4/c20-18(29)25-12-3-6-14(25)16(27)23-10-2-1-8-22-9-5-11-24-17(28)15-7-4-13-26(15)19(21)30/h14-15,22H,1-13H2,(H,23,27)(H,24,28). The average Bonchev–Trinajstić information content (AvgIpc) is 3.38. The fourth-order valence-electron chi connectivity index (χ4n) is 3.87. The van der Waals surface area contributed by atoms with Crippen molar-refractivity contribution < 1.29 is 19.2 Å². The molecule has 4 amide bonds. The van der Waals surface area contributed by atoms with Gasteiger partial charge >= 0.3 is 10.7 Å². The minimum absolute atomic E-state index is 0.137. The highest BCUT2D eigenvalue weighted by atomic mass is 35.5. The first-order valence-corrected chi connectivity index (χ1v) is 11.4. The lowest BCUT2D eigenvalue weighted by atomic mass is 10.2. The largest absolute Gasteiger partial charge is 0.354 e. The molecule has 0 bridgehead atoms. The first kappa shape index (κ1) is 24.7. The van der Waals surface area contributed by atoms with Gasteiger partial charge in [0.2, 0.25) is 11.8 Å². The van der Waals surface area contributed by atoms with E-state index in [0.29, 0.717) is 39.0 Å². The van der Waals surface area contributed by atoms with E-state index >= 15 is 0 Å². The number of nitrogens with one attached hydrogen (secondary N) is 3. The van der Waals surface area contributed by atoms with Crippen molar-refractivity contribution in [3.05, 3.63) is 0 Å². The molecular formula is C19H31Cl2N5O4. The third-order valence-corrected chi connectivity index (χ3v) is 5.91. The molecule has 2 aliphatic heterocycles. The van der Waals surface area contributed by atoms with Crippen LogP contribution >= 0.6 is 23.2 Å². The summed E-state index contributed by atoms with van der Waals surface area (Å²) in [6.07, 6.45) is 5.43. The quantitative estimate of drug-likeness (QED) is 0.245. The van der Waals surface area contributed by atoms with Gasteiger partial charge in [0.25, 0.3) is 0 Å². The summed E-state index contributed by atoms with van der Waals surface area (Å²) in [6.45, 7) is 3.76. The van der Waals surface area contributed by atoms with Crippen LogP contribution in [0.15, 0.2) is 0 Å². The van der Waals surface area contributed by atoms with E-state index in [1.807, 2.05) is 0 Å². The Morgan fingerprint density at radius 2 is 1.13 bits per heavy atom. The third-order valence-electron chi connectivity index (χ3n) is 5.47. The van der Waals surface area contributed by atoms with Crippen molar-refractivity contribution in [2.75, 3.05) is 39.3 Å². The Morgan fingerprint density at radius 3 is 1.63 bits per heavy atom. The van der Waals surface area contributed by atoms with E-state index in [4.69, 9.17) is 23.2 Å². The molecular weight excluding hydrogens is 433 g/mol. The normalized spacial score (nSPS) is 21.0. The summed E-state index contributed by atoms with van der Waals surface area (Å²) in [5, 5.41) is 7.88. The van der Waals surface area contributed by atoms with Crippen molar-refractivity contribution in [3.63, 3.8) is 0 Å². The molecule has 0 aromatic carbocycles. The fourth-order valence-corrected chi connectivity index (χ4v) is 4.28. The van der Waals surface area contributed by atoms with Crippen LogP contribution in [0, 0.1) is 0 Å². The van der Waals surface area contributed by atoms with E-state index in [9.17, 15) is 19.2 Å². The maximum absolute atomic E-state index is 12.1. The van der Waals surface area contributed by atoms with Gasteiger partial charge in [-0.2, -0.15) is 0 Å². The number of hydrogen-bond donors (Lipinski definition) is 3. The van der Waals surface area contributed by atoms with Crippen LogP contribution in [0.4, 0.5) is 9.59 Å². The van der Waals surface area contributed by atoms with Crippen LogP contribution in [0.5, 0.6) is 0 Å². The van der Waals surface area contributed by atoms with E-state index in [1.165, 1.54) is 9.80 Å². The van der Waals surface area contributed by atoms with Crippen molar-refractivity contribution in [1.82, 2.24) is 25.8 Å². The minimum Gasteiger partial charge on any atom is -0.354 e. The van der Waals surface area contributed by atoms with Gasteiger partial charge in [-0.05, 0) is 81.2 Å². The van der Waals surface area contributed by atoms with Crippen LogP contribution in [0.1, 0.15) is 44.9 Å². The number of nitrogens with zero attached hydrogens (tertiary/aromatic N) is 2. The van der Waals surface area contributed by atoms with Crippen LogP contribution in [0.2, 0.25) is 0 Å². The smallest absolute Gasteiger partial charge is 0.317 e. The second kappa shape index (κ2) is 13.0. The highest BCUT2D eigenvalue weighted by molar-refractivity contribution is 6.63. The van der Waals surface area contributed by atoms with Gasteiger partial charge in [0.15, 0.2) is 0 Å². The number of hydrogen-bond acceptors (Lipinski definition) is 5. The van der Waals surface area contributed by atoms with Gasteiger partial charge in [-0.1, -0.05) is 0 Å². The van der Waals surface area contributed by atoms with Crippen molar-refractivity contribution in [1.29, 1.82) is 0 Å². The molecule has 0 spiro atoms. The zero-order chi connectivity index (χ0) is 21.9. The van der Waals surface area contributed by atoms with Gasteiger partial charge in [-0.3, -0.25) is 19.2 Å². The molecule has 0 saturated carbocycles. The van der Waals surface area contributed by atoms with E-state index in [-0.39, 0.29) is 11.8 Å². The van der Waals surface area contributed by atoms with Crippen molar-refractivity contribution in [3.8, 4) is 0 Å². The Kier molecular flexibility index (Phi) is 10.7. The lowest BCUT2D eigenvalue weighted by molar-refractivity contribution is -0.125. The van der Waals surface area contributed by atoms with E-state index in [0.717, 1.165) is 45.2 Å². The van der Waals surface area contributed by atoms with Gasteiger partial charge in [0.05, 0.1) is 0 Å². The molecule has 0 radical (unpaired) electrons. The molecule has 3 N–H and O–H groups in total. The molecule has 2 fully saturated rings. The van der Waals surface area contributed by atoms with Crippen molar-refractivity contribution >= 4 is 45.7 Å². The Hall–Kier alpha value is -1.58. The summed E-state index contributed by atoms with van der Waals surface area (Å²) in [7, 11) is 0. The molecule has 0 aromatic rings. The van der Waals surface area contributed by atoms with Gasteiger partial charge < -0.3 is 25.8 Å². The average molecular weight is 464 g/mol. The maximum Gasteiger partial charge on any atom is 0.317 e. The van der Waals surface area contributed by atoms with Gasteiger partial charge in [0.1, 0.15) is 12.1 Å². The summed E-state index contributed by atoms with van der Waals surface area (Å²) < 4.78 is 0. The molecule has 30 heavy (non-hydrogen) atoms. The zero-order valence-corrected chi connectivity index (χ0v) is 18.6. The fraction of sp³-hybridized carbons (Fsp3) is 0.789. The molecule has 0 aromatic heterocycles. The van der Waals surface area contributed by atoms with Crippen LogP contribution in [-0.2, 0) is 9.59 Å². The van der Waals surface area contributed by atoms with Crippen molar-refractivity contribution in [2.45, 2.75) is 57.0 Å². The summed E-state index contributed by atoms with van der Waals surface area (Å²) >= 11 is 11.0. The zero-order valence-electron chi connectivity index (χ0n) is 17.1. The molecule has 2 heterocycles. The van der Waals surface area contributed by atoms with Crippen LogP contribution < -0.4 is 16.0 Å². The number of unbranched alkanes of at least 4 members (excludes halogenated alkanes) is 1. The molecule has 0 aliphatic carbocycles. The first-order chi connectivity index (χ1) is 14.4. The molecule has 11 heteroatoms. The summed E-state index contributed by atoms with van der Waals surface area (Å²) in [5.41, 5.74) is 0. The second-order valence-corrected chi connectivity index (χ2v) is 8.25. The topological polar surface area (TPSA) is 111 Å². The Balaban J connectivity index is 1.44. The Bertz CT molecular complexity index is 570. The number of halogens is 2. The van der Waals surface area contributed by atoms with Crippen LogP contribution in [0.3, 0.4) is 0 Å². The maximum atomic E-state index is 12.1. The predicted octanol–water partition coefficient (Wildman–Crippen LogP) is 1.63. The van der Waals surface area contributed by atoms with Gasteiger partial charge in [-0.25, -0.2) is 0 Å². The third kappa shape index (κ3) is 7.59. The SMILES string of the molecule is O=C(NCCCCNCCCNC(=O)C1CCCN1C(=O)Cl)C1CCCN1C(=O)Cl. The molecule has 2 rings (SSSR count). The number of carbonyl (C=O) groups is 4. The molecule has 2 saturated heterocycles. The highest BCUT2D eigenvalue weighted by Gasteiger charge is 2.33. The molecule has 9 nitrogen and oxygen atoms in total. The monoisotopic (exact) mass is 463 g/mol. The van der Waals surface area contributed by atoms with Gasteiger partial charge in [0, 0.05) is 26.2 Å². The number of amides is 4. The molecule has 2 unspecified atom stereocenters. The predicted molar refractivity (Wildman–Crippen MR) is 115 cm³/mol. The summed E-state index contributed by atoms with van der Waals surface area (Å²) in [5.74, 6) is -0.282. The van der Waals surface area contributed by atoms with Crippen LogP contribution in [-0.4, -0.2) is 83.7 Å². The number of carbonyl (C=O) groups excluding carboxylic acids is 4. The summed E-state index contributed by atoms with van der Waals surface area (Å²) in [6, 6.07) is -0.890. The van der Waals surface area contributed by atoms with E-state index < -0.39 is 22.8 Å². The lowest BCUT2D eigenvalue weighted by Gasteiger charge is -2.21. The minimum atomic E-state index is -0.571. The highest BCUT2D eigenvalue weighted by Crippen LogP contribution is 2.20. The summed E-state index contributed by atoms with van der Waals surface area (Å²) in [4.78, 5) is 49.7. The number of rotatable bonds is 11. The van der Waals surface area contributed by atoms with E-state index in [1.54, 1.807) is 0 Å². The van der Waals surface area contributed by atoms with E-state index in [2.05, 4.69) is 16.0 Å². The molecule has 2 atom stereocenters. The first-order valence-electron chi connectivity index (χ1n) is 10.6. The number of likely N-dealkylation sites (tertiary alicyclic amines) is 2. The van der Waals surface area contributed by atoms with Gasteiger partial charge in [-0.15, -0.1) is 0 Å². The molecule has 2 aliphatic rings. The van der Waals surface area contributed by atoms with Crippen LogP contribution in [0.25, 0.3) is 0 Å². The Morgan fingerprint density at radius 1 is 0.700 bits per heavy atom. The Labute approximate surface area is 187 Å². The van der Waals surface area contributed by atoms with Crippen molar-refractivity contribution in [2.24, 2.45) is 0 Å². The lowest BCUT2D eigenvalue weighted by Crippen LogP contribution is -2.44. The molecule has 170 valence electrons. The second-order valence-electron chi connectivity index (χ2n) is 7.60.